The first kappa shape index (κ1) is 35.8. The molecule has 6 rings (SSSR count). The van der Waals surface area contributed by atoms with Crippen molar-refractivity contribution in [2.75, 3.05) is 7.11 Å². The average Bonchev–Trinajstić information content (AvgIpc) is 3.08. The fourth-order valence-corrected chi connectivity index (χ4v) is 11.7. The van der Waals surface area contributed by atoms with Gasteiger partial charge in [0.05, 0.1) is 18.2 Å². The van der Waals surface area contributed by atoms with Crippen LogP contribution in [0.4, 0.5) is 0 Å². The maximum Gasteiger partial charge on any atom is 0.328 e. The largest absolute Gasteiger partial charge is 0.467 e. The van der Waals surface area contributed by atoms with E-state index in [4.69, 9.17) is 9.72 Å². The van der Waals surface area contributed by atoms with Gasteiger partial charge in [0.1, 0.15) is 12.4 Å². The van der Waals surface area contributed by atoms with Crippen molar-refractivity contribution in [3.63, 3.8) is 0 Å². The fraction of sp³-hybridized carbons (Fsp3) is 0.674. The summed E-state index contributed by atoms with van der Waals surface area (Å²) in [6, 6.07) is 9.24. The van der Waals surface area contributed by atoms with Crippen LogP contribution in [-0.4, -0.2) is 35.0 Å². The SMILES string of the molecule is CC[C@@H]1C/C=C2/[C@@H]3[C@@H](C)[C@H](C)CC[C@]3(C(=O)NC(Cc3ccccc3)C(=O)OC)CC[C@@]2(C)CCCC2C(C)(C)c3ncncc3CC21C. The lowest BCUT2D eigenvalue weighted by atomic mass is 9.45. The minimum atomic E-state index is -0.709. The van der Waals surface area contributed by atoms with Crippen molar-refractivity contribution in [3.05, 3.63) is 71.3 Å². The third-order valence-corrected chi connectivity index (χ3v) is 14.7. The van der Waals surface area contributed by atoms with Crippen LogP contribution in [0.1, 0.15) is 123 Å². The minimum absolute atomic E-state index is 0.0195. The molecule has 0 radical (unpaired) electrons. The molecular formula is C43H61N3O3. The number of aromatic nitrogens is 2. The third kappa shape index (κ3) is 6.18. The van der Waals surface area contributed by atoms with E-state index >= 15 is 0 Å². The normalized spacial score (nSPS) is 37.1. The maximum atomic E-state index is 14.9. The second-order valence-corrected chi connectivity index (χ2v) is 17.6. The van der Waals surface area contributed by atoms with E-state index in [1.54, 1.807) is 6.33 Å². The predicted octanol–water partition coefficient (Wildman–Crippen LogP) is 8.83. The van der Waals surface area contributed by atoms with Crippen LogP contribution in [0.25, 0.3) is 0 Å². The lowest BCUT2D eigenvalue weighted by molar-refractivity contribution is -0.151. The Kier molecular flexibility index (Phi) is 9.94. The molecule has 0 saturated heterocycles. The first-order valence-electron chi connectivity index (χ1n) is 19.2. The molecule has 266 valence electrons. The molecule has 4 aliphatic carbocycles. The number of ether oxygens (including phenoxy) is 1. The highest BCUT2D eigenvalue weighted by atomic mass is 16.5. The van der Waals surface area contributed by atoms with Crippen molar-refractivity contribution in [3.8, 4) is 0 Å². The van der Waals surface area contributed by atoms with E-state index < -0.39 is 11.5 Å². The van der Waals surface area contributed by atoms with E-state index in [2.05, 4.69) is 71.0 Å². The van der Waals surface area contributed by atoms with Gasteiger partial charge in [0, 0.05) is 18.0 Å². The van der Waals surface area contributed by atoms with Gasteiger partial charge in [0.25, 0.3) is 0 Å². The van der Waals surface area contributed by atoms with Crippen LogP contribution in [-0.2, 0) is 32.6 Å². The fourth-order valence-electron chi connectivity index (χ4n) is 11.7. The van der Waals surface area contributed by atoms with Gasteiger partial charge in [-0.2, -0.15) is 0 Å². The van der Waals surface area contributed by atoms with Crippen molar-refractivity contribution in [2.24, 2.45) is 45.8 Å². The summed E-state index contributed by atoms with van der Waals surface area (Å²) in [6.07, 6.45) is 17.3. The highest BCUT2D eigenvalue weighted by Gasteiger charge is 2.59. The zero-order chi connectivity index (χ0) is 35.2. The molecule has 1 heterocycles. The summed E-state index contributed by atoms with van der Waals surface area (Å²) in [7, 11) is 1.42. The maximum absolute atomic E-state index is 14.9. The van der Waals surface area contributed by atoms with Gasteiger partial charge in [0.15, 0.2) is 0 Å². The molecule has 9 atom stereocenters. The number of rotatable bonds is 6. The Bertz CT molecular complexity index is 1550. The molecule has 0 aliphatic heterocycles. The van der Waals surface area contributed by atoms with Gasteiger partial charge in [0.2, 0.25) is 5.91 Å². The molecule has 6 heteroatoms. The average molecular weight is 668 g/mol. The molecular weight excluding hydrogens is 606 g/mol. The van der Waals surface area contributed by atoms with Crippen molar-refractivity contribution in [1.29, 1.82) is 0 Å². The molecule has 1 amide bonds. The topological polar surface area (TPSA) is 81.2 Å². The van der Waals surface area contributed by atoms with Crippen molar-refractivity contribution >= 4 is 11.9 Å². The lowest BCUT2D eigenvalue weighted by Crippen LogP contribution is -2.59. The lowest BCUT2D eigenvalue weighted by Gasteiger charge is -2.59. The van der Waals surface area contributed by atoms with E-state index in [0.29, 0.717) is 30.1 Å². The Labute approximate surface area is 295 Å². The van der Waals surface area contributed by atoms with Crippen molar-refractivity contribution in [1.82, 2.24) is 15.3 Å². The zero-order valence-corrected chi connectivity index (χ0v) is 31.5. The van der Waals surface area contributed by atoms with Crippen LogP contribution in [0.5, 0.6) is 0 Å². The Hall–Kier alpha value is -3.02. The first-order valence-corrected chi connectivity index (χ1v) is 19.2. The van der Waals surface area contributed by atoms with Crippen LogP contribution in [0.15, 0.2) is 54.5 Å². The van der Waals surface area contributed by atoms with E-state index in [1.165, 1.54) is 36.8 Å². The van der Waals surface area contributed by atoms with Gasteiger partial charge in [-0.1, -0.05) is 103 Å². The molecule has 6 nitrogen and oxygen atoms in total. The Balaban J connectivity index is 1.38. The Morgan fingerprint density at radius 3 is 2.49 bits per heavy atom. The number of nitrogens with one attached hydrogen (secondary N) is 1. The summed E-state index contributed by atoms with van der Waals surface area (Å²) in [5, 5.41) is 3.30. The molecule has 2 fully saturated rings. The molecule has 3 unspecified atom stereocenters. The highest BCUT2D eigenvalue weighted by molar-refractivity contribution is 5.89. The molecule has 1 aromatic carbocycles. The predicted molar refractivity (Wildman–Crippen MR) is 196 cm³/mol. The molecule has 1 N–H and O–H groups in total. The van der Waals surface area contributed by atoms with Gasteiger partial charge >= 0.3 is 5.97 Å². The number of carbonyl (C=O) groups excluding carboxylic acids is 2. The number of nitrogens with zero attached hydrogens (tertiary/aromatic N) is 2. The van der Waals surface area contributed by atoms with Gasteiger partial charge in [-0.25, -0.2) is 14.8 Å². The molecule has 0 bridgehead atoms. The van der Waals surface area contributed by atoms with E-state index in [-0.39, 0.29) is 34.0 Å². The standard InChI is InChI=1S/C43H61N3O3/c1-9-32-17-18-33-36-29(3)28(2)19-21-43(36,39(48)46-34(38(47)49-8)24-30-14-11-10-12-15-30)23-22-41(33,6)20-13-16-35-40(4,5)37-31(25-42(32,35)7)26-44-27-45-37/h10-12,14-15,18,26-29,32,34-36H,9,13,16-17,19-25H2,1-8H3,(H,46,48)/b33-18-/t28-,29+,32-,34?,35?,36+,41-,42?,43+/m1/s1. The Morgan fingerprint density at radius 2 is 1.78 bits per heavy atom. The number of benzene rings is 1. The second-order valence-electron chi connectivity index (χ2n) is 17.6. The first-order chi connectivity index (χ1) is 23.3. The van der Waals surface area contributed by atoms with Crippen LogP contribution < -0.4 is 5.32 Å². The smallest absolute Gasteiger partial charge is 0.328 e. The highest BCUT2D eigenvalue weighted by Crippen LogP contribution is 2.64. The molecule has 2 aromatic rings. The number of hydrogen-bond acceptors (Lipinski definition) is 5. The monoisotopic (exact) mass is 667 g/mol. The second kappa shape index (κ2) is 13.6. The van der Waals surface area contributed by atoms with Gasteiger partial charge in [-0.3, -0.25) is 4.79 Å². The zero-order valence-electron chi connectivity index (χ0n) is 31.5. The molecule has 2 saturated carbocycles. The number of allylic oxidation sites excluding steroid dienone is 2. The van der Waals surface area contributed by atoms with Gasteiger partial charge in [-0.05, 0) is 103 Å². The number of amides is 1. The van der Waals surface area contributed by atoms with Crippen LogP contribution >= 0.6 is 0 Å². The summed E-state index contributed by atoms with van der Waals surface area (Å²) in [5.74, 6) is 1.78. The number of methoxy groups -OCH3 is 1. The number of esters is 1. The summed E-state index contributed by atoms with van der Waals surface area (Å²) < 4.78 is 5.24. The Morgan fingerprint density at radius 1 is 1.02 bits per heavy atom. The van der Waals surface area contributed by atoms with Crippen molar-refractivity contribution in [2.45, 2.75) is 131 Å². The number of carbonyl (C=O) groups is 2. The van der Waals surface area contributed by atoms with Gasteiger partial charge < -0.3 is 10.1 Å². The quantitative estimate of drug-likeness (QED) is 0.246. The van der Waals surface area contributed by atoms with E-state index in [9.17, 15) is 9.59 Å². The minimum Gasteiger partial charge on any atom is -0.467 e. The van der Waals surface area contributed by atoms with Crippen LogP contribution in [0.2, 0.25) is 0 Å². The molecule has 0 spiro atoms. The van der Waals surface area contributed by atoms with E-state index in [1.807, 2.05) is 30.3 Å². The summed E-state index contributed by atoms with van der Waals surface area (Å²) >= 11 is 0. The summed E-state index contributed by atoms with van der Waals surface area (Å²) in [6.45, 7) is 17.1. The number of hydrogen-bond donors (Lipinski definition) is 1. The molecule has 4 aliphatic rings. The molecule has 1 aromatic heterocycles. The summed E-state index contributed by atoms with van der Waals surface area (Å²) in [4.78, 5) is 37.3. The van der Waals surface area contributed by atoms with E-state index in [0.717, 1.165) is 56.9 Å². The third-order valence-electron chi connectivity index (χ3n) is 14.7. The van der Waals surface area contributed by atoms with Gasteiger partial charge in [-0.15, -0.1) is 0 Å². The van der Waals surface area contributed by atoms with Crippen molar-refractivity contribution < 1.29 is 14.3 Å². The summed E-state index contributed by atoms with van der Waals surface area (Å²) in [5.41, 5.74) is 4.74. The van der Waals surface area contributed by atoms with Crippen LogP contribution in [0, 0.1) is 45.8 Å². The molecule has 49 heavy (non-hydrogen) atoms. The number of fused-ring (bicyclic) bond motifs is 5. The van der Waals surface area contributed by atoms with Crippen LogP contribution in [0.3, 0.4) is 0 Å².